The molecule has 15 heavy (non-hydrogen) atoms. The fourth-order valence-electron chi connectivity index (χ4n) is 1.48. The topological polar surface area (TPSA) is 37.3 Å². The van der Waals surface area contributed by atoms with Crippen LogP contribution in [0.5, 0.6) is 0 Å². The third kappa shape index (κ3) is 2.20. The van der Waals surface area contributed by atoms with Gasteiger partial charge >= 0.3 is 5.97 Å². The Morgan fingerprint density at radius 2 is 2.27 bits per heavy atom. The number of carboxylic acid groups (broad SMARTS) is 1. The fourth-order valence-corrected chi connectivity index (χ4v) is 1.48. The molecule has 0 fully saturated rings. The van der Waals surface area contributed by atoms with Crippen molar-refractivity contribution in [3.63, 3.8) is 0 Å². The van der Waals surface area contributed by atoms with Crippen molar-refractivity contribution in [2.75, 3.05) is 0 Å². The van der Waals surface area contributed by atoms with Gasteiger partial charge in [-0.2, -0.15) is 0 Å². The number of allylic oxidation sites excluding steroid dienone is 4. The minimum Gasteiger partial charge on any atom is -0.481 e. The number of rotatable bonds is 3. The van der Waals surface area contributed by atoms with Crippen LogP contribution in [0.4, 0.5) is 0 Å². The van der Waals surface area contributed by atoms with Gasteiger partial charge in [-0.05, 0) is 25.8 Å². The second kappa shape index (κ2) is 3.69. The van der Waals surface area contributed by atoms with Crippen molar-refractivity contribution in [2.45, 2.75) is 27.2 Å². The lowest BCUT2D eigenvalue weighted by Gasteiger charge is -2.29. The third-order valence-corrected chi connectivity index (χ3v) is 3.13. The maximum atomic E-state index is 11.1. The smallest absolute Gasteiger partial charge is 0.313 e. The van der Waals surface area contributed by atoms with Crippen molar-refractivity contribution in [1.29, 1.82) is 0 Å². The van der Waals surface area contributed by atoms with E-state index < -0.39 is 11.4 Å². The average Bonchev–Trinajstić information content (AvgIpc) is 2.18. The van der Waals surface area contributed by atoms with E-state index in [1.165, 1.54) is 0 Å². The van der Waals surface area contributed by atoms with Crippen molar-refractivity contribution in [3.05, 3.63) is 36.5 Å². The molecule has 1 N–H and O–H groups in total. The van der Waals surface area contributed by atoms with Gasteiger partial charge in [0.25, 0.3) is 0 Å². The van der Waals surface area contributed by atoms with Crippen LogP contribution in [-0.4, -0.2) is 11.1 Å². The van der Waals surface area contributed by atoms with E-state index >= 15 is 0 Å². The molecule has 0 saturated carbocycles. The molecule has 0 spiro atoms. The summed E-state index contributed by atoms with van der Waals surface area (Å²) >= 11 is 0. The number of hydrogen-bond acceptors (Lipinski definition) is 1. The van der Waals surface area contributed by atoms with Crippen LogP contribution >= 0.6 is 0 Å². The van der Waals surface area contributed by atoms with Crippen LogP contribution in [0, 0.1) is 10.8 Å². The maximum absolute atomic E-state index is 11.1. The third-order valence-electron chi connectivity index (χ3n) is 3.13. The molecule has 0 heterocycles. The summed E-state index contributed by atoms with van der Waals surface area (Å²) in [6.45, 7) is 9.31. The highest BCUT2D eigenvalue weighted by Crippen LogP contribution is 2.36. The van der Waals surface area contributed by atoms with Crippen molar-refractivity contribution in [1.82, 2.24) is 0 Å². The van der Waals surface area contributed by atoms with E-state index in [2.05, 4.69) is 13.5 Å². The van der Waals surface area contributed by atoms with Crippen molar-refractivity contribution in [2.24, 2.45) is 10.8 Å². The summed E-state index contributed by atoms with van der Waals surface area (Å²) in [5.74, 6) is -0.791. The van der Waals surface area contributed by atoms with E-state index in [-0.39, 0.29) is 5.41 Å². The predicted molar refractivity (Wildman–Crippen MR) is 61.6 cm³/mol. The predicted octanol–water partition coefficient (Wildman–Crippen LogP) is 3.18. The molecular formula is C13H18O2. The van der Waals surface area contributed by atoms with E-state index in [0.717, 1.165) is 12.0 Å². The fraction of sp³-hybridized carbons (Fsp3) is 0.462. The molecule has 2 heteroatoms. The first-order chi connectivity index (χ1) is 6.82. The summed E-state index contributed by atoms with van der Waals surface area (Å²) in [5.41, 5.74) is 0.0335. The van der Waals surface area contributed by atoms with Crippen molar-refractivity contribution >= 4 is 5.97 Å². The monoisotopic (exact) mass is 206 g/mol. The molecule has 1 aliphatic carbocycles. The normalized spacial score (nSPS) is 25.9. The molecule has 0 aromatic carbocycles. The Morgan fingerprint density at radius 1 is 1.67 bits per heavy atom. The quantitative estimate of drug-likeness (QED) is 0.720. The molecule has 82 valence electrons. The molecule has 0 aromatic rings. The zero-order valence-corrected chi connectivity index (χ0v) is 9.58. The van der Waals surface area contributed by atoms with Crippen LogP contribution in [0.1, 0.15) is 27.2 Å². The minimum atomic E-state index is -0.807. The lowest BCUT2D eigenvalue weighted by Crippen LogP contribution is -2.27. The second-order valence-corrected chi connectivity index (χ2v) is 4.84. The molecular weight excluding hydrogens is 188 g/mol. The Labute approximate surface area is 91.0 Å². The minimum absolute atomic E-state index is 0.0297. The van der Waals surface area contributed by atoms with Gasteiger partial charge in [-0.25, -0.2) is 0 Å². The Bertz CT molecular complexity index is 348. The van der Waals surface area contributed by atoms with Gasteiger partial charge in [0.05, 0.1) is 5.41 Å². The Hall–Kier alpha value is -1.31. The number of aliphatic carboxylic acids is 1. The van der Waals surface area contributed by atoms with Gasteiger partial charge in [-0.15, -0.1) is 6.58 Å². The molecule has 0 bridgehead atoms. The van der Waals surface area contributed by atoms with Crippen LogP contribution in [0.25, 0.3) is 0 Å². The number of hydrogen-bond donors (Lipinski definition) is 1. The molecule has 1 unspecified atom stereocenters. The van der Waals surface area contributed by atoms with Gasteiger partial charge in [0, 0.05) is 5.41 Å². The summed E-state index contributed by atoms with van der Waals surface area (Å²) in [4.78, 5) is 11.1. The maximum Gasteiger partial charge on any atom is 0.313 e. The standard InChI is InChI=1S/C13H18O2/c1-5-13(4)8-6-10(7-9-13)12(2,3)11(14)15/h5-8H,1,9H2,2-4H3,(H,14,15). The summed E-state index contributed by atoms with van der Waals surface area (Å²) in [5, 5.41) is 9.09. The molecule has 0 aliphatic heterocycles. The summed E-state index contributed by atoms with van der Waals surface area (Å²) < 4.78 is 0. The molecule has 2 nitrogen and oxygen atoms in total. The molecule has 1 aliphatic rings. The summed E-state index contributed by atoms with van der Waals surface area (Å²) in [6.07, 6.45) is 8.64. The molecule has 0 aromatic heterocycles. The lowest BCUT2D eigenvalue weighted by atomic mass is 9.75. The van der Waals surface area contributed by atoms with Gasteiger partial charge in [0.2, 0.25) is 0 Å². The first kappa shape index (κ1) is 11.8. The molecule has 0 radical (unpaired) electrons. The average molecular weight is 206 g/mol. The highest BCUT2D eigenvalue weighted by molar-refractivity contribution is 5.78. The zero-order chi connectivity index (χ0) is 11.7. The largest absolute Gasteiger partial charge is 0.481 e. The highest BCUT2D eigenvalue weighted by atomic mass is 16.4. The first-order valence-corrected chi connectivity index (χ1v) is 5.09. The van der Waals surface area contributed by atoms with Gasteiger partial charge in [0.15, 0.2) is 0 Å². The van der Waals surface area contributed by atoms with Gasteiger partial charge in [-0.1, -0.05) is 31.2 Å². The van der Waals surface area contributed by atoms with Crippen LogP contribution < -0.4 is 0 Å². The van der Waals surface area contributed by atoms with E-state index in [0.29, 0.717) is 0 Å². The molecule has 0 saturated heterocycles. The summed E-state index contributed by atoms with van der Waals surface area (Å²) in [6, 6.07) is 0. The van der Waals surface area contributed by atoms with E-state index in [1.54, 1.807) is 13.8 Å². The Morgan fingerprint density at radius 3 is 2.60 bits per heavy atom. The van der Waals surface area contributed by atoms with E-state index in [4.69, 9.17) is 5.11 Å². The van der Waals surface area contributed by atoms with Crippen molar-refractivity contribution in [3.8, 4) is 0 Å². The molecule has 0 amide bonds. The number of carboxylic acids is 1. The molecule has 1 atom stereocenters. The van der Waals surface area contributed by atoms with Crippen LogP contribution in [0.2, 0.25) is 0 Å². The number of carbonyl (C=O) groups is 1. The van der Waals surface area contributed by atoms with Crippen LogP contribution in [0.3, 0.4) is 0 Å². The first-order valence-electron chi connectivity index (χ1n) is 5.09. The molecule has 1 rings (SSSR count). The summed E-state index contributed by atoms with van der Waals surface area (Å²) in [7, 11) is 0. The Balaban J connectivity index is 2.93. The van der Waals surface area contributed by atoms with Crippen molar-refractivity contribution < 1.29 is 9.90 Å². The lowest BCUT2D eigenvalue weighted by molar-refractivity contribution is -0.144. The van der Waals surface area contributed by atoms with E-state index in [9.17, 15) is 4.79 Å². The zero-order valence-electron chi connectivity index (χ0n) is 9.58. The Kier molecular flexibility index (Phi) is 2.89. The van der Waals surface area contributed by atoms with Crippen LogP contribution in [0.15, 0.2) is 36.5 Å². The van der Waals surface area contributed by atoms with Gasteiger partial charge in [-0.3, -0.25) is 4.79 Å². The van der Waals surface area contributed by atoms with Crippen LogP contribution in [-0.2, 0) is 4.79 Å². The van der Waals surface area contributed by atoms with Gasteiger partial charge in [0.1, 0.15) is 0 Å². The van der Waals surface area contributed by atoms with E-state index in [1.807, 2.05) is 24.3 Å². The SMILES string of the molecule is C=CC1(C)C=CC(C(C)(C)C(=O)O)=CC1. The van der Waals surface area contributed by atoms with Gasteiger partial charge < -0.3 is 5.11 Å². The second-order valence-electron chi connectivity index (χ2n) is 4.84. The highest BCUT2D eigenvalue weighted by Gasteiger charge is 2.32.